The minimum atomic E-state index is -3.84. The van der Waals surface area contributed by atoms with Crippen molar-refractivity contribution in [2.24, 2.45) is 0 Å². The standard InChI is InChI=1S/C23H27N5O3S/c1-26-11-7-17(8-12-26)21-16-28(23-20(21)4-3-10-24-23)32(29,30)19-5-6-22(25-14-19)27-13-9-18(15-27)31-2/h3-7,10,14,16,18H,8-9,11-13,15H2,1-2H3. The van der Waals surface area contributed by atoms with Crippen LogP contribution in [0.2, 0.25) is 0 Å². The lowest BCUT2D eigenvalue weighted by Gasteiger charge is -2.21. The van der Waals surface area contributed by atoms with E-state index in [1.54, 1.807) is 31.6 Å². The maximum Gasteiger partial charge on any atom is 0.270 e. The van der Waals surface area contributed by atoms with Crippen molar-refractivity contribution in [2.45, 2.75) is 23.8 Å². The second kappa shape index (κ2) is 8.31. The highest BCUT2D eigenvalue weighted by Gasteiger charge is 2.26. The second-order valence-corrected chi connectivity index (χ2v) is 10.2. The molecular formula is C23H27N5O3S. The molecule has 0 amide bonds. The molecule has 0 aliphatic carbocycles. The highest BCUT2D eigenvalue weighted by Crippen LogP contribution is 2.32. The summed E-state index contributed by atoms with van der Waals surface area (Å²) in [4.78, 5) is 13.3. The average Bonchev–Trinajstić information content (AvgIpc) is 3.45. The van der Waals surface area contributed by atoms with Gasteiger partial charge in [-0.1, -0.05) is 6.08 Å². The molecule has 5 rings (SSSR count). The Balaban J connectivity index is 1.51. The fourth-order valence-corrected chi connectivity index (χ4v) is 5.71. The minimum absolute atomic E-state index is 0.148. The third-order valence-corrected chi connectivity index (χ3v) is 8.00. The third kappa shape index (κ3) is 3.70. The van der Waals surface area contributed by atoms with Crippen LogP contribution in [0.15, 0.2) is 53.8 Å². The monoisotopic (exact) mass is 453 g/mol. The van der Waals surface area contributed by atoms with Crippen molar-refractivity contribution in [1.29, 1.82) is 0 Å². The fourth-order valence-electron chi connectivity index (χ4n) is 4.44. The third-order valence-electron chi connectivity index (χ3n) is 6.37. The molecule has 0 saturated carbocycles. The number of fused-ring (bicyclic) bond motifs is 1. The van der Waals surface area contributed by atoms with E-state index in [0.29, 0.717) is 5.65 Å². The Labute approximate surface area is 188 Å². The molecule has 0 spiro atoms. The van der Waals surface area contributed by atoms with Crippen molar-refractivity contribution in [3.05, 3.63) is 54.5 Å². The van der Waals surface area contributed by atoms with E-state index in [1.165, 1.54) is 10.2 Å². The van der Waals surface area contributed by atoms with Crippen LogP contribution in [0.25, 0.3) is 16.6 Å². The highest BCUT2D eigenvalue weighted by molar-refractivity contribution is 7.90. The number of hydrogen-bond acceptors (Lipinski definition) is 7. The van der Waals surface area contributed by atoms with E-state index in [9.17, 15) is 8.42 Å². The summed E-state index contributed by atoms with van der Waals surface area (Å²) in [5, 5.41) is 0.846. The lowest BCUT2D eigenvalue weighted by molar-refractivity contribution is 0.121. The van der Waals surface area contributed by atoms with Gasteiger partial charge in [-0.15, -0.1) is 0 Å². The van der Waals surface area contributed by atoms with Gasteiger partial charge in [0, 0.05) is 62.8 Å². The molecule has 5 heterocycles. The number of pyridine rings is 2. The molecule has 1 unspecified atom stereocenters. The van der Waals surface area contributed by atoms with Crippen molar-refractivity contribution < 1.29 is 13.2 Å². The SMILES string of the molecule is COC1CCN(c2ccc(S(=O)(=O)n3cc(C4=CCN(C)CC4)c4cccnc43)cn2)C1. The van der Waals surface area contributed by atoms with Gasteiger partial charge in [-0.25, -0.2) is 22.4 Å². The van der Waals surface area contributed by atoms with E-state index in [4.69, 9.17) is 4.74 Å². The van der Waals surface area contributed by atoms with E-state index in [1.807, 2.05) is 12.1 Å². The first-order valence-electron chi connectivity index (χ1n) is 10.8. The van der Waals surface area contributed by atoms with E-state index >= 15 is 0 Å². The number of likely N-dealkylation sites (N-methyl/N-ethyl adjacent to an activating group) is 1. The summed E-state index contributed by atoms with van der Waals surface area (Å²) in [6.07, 6.45) is 8.94. The number of nitrogens with zero attached hydrogens (tertiary/aromatic N) is 5. The van der Waals surface area contributed by atoms with E-state index in [-0.39, 0.29) is 11.0 Å². The number of ether oxygens (including phenoxy) is 1. The topological polar surface area (TPSA) is 80.6 Å². The minimum Gasteiger partial charge on any atom is -0.380 e. The van der Waals surface area contributed by atoms with Gasteiger partial charge in [-0.3, -0.25) is 0 Å². The van der Waals surface area contributed by atoms with Crippen molar-refractivity contribution >= 4 is 32.4 Å². The van der Waals surface area contributed by atoms with Gasteiger partial charge < -0.3 is 14.5 Å². The fraction of sp³-hybridized carbons (Fsp3) is 0.391. The highest BCUT2D eigenvalue weighted by atomic mass is 32.2. The van der Waals surface area contributed by atoms with Gasteiger partial charge in [0.15, 0.2) is 5.65 Å². The number of methoxy groups -OCH3 is 1. The first-order valence-corrected chi connectivity index (χ1v) is 12.2. The number of rotatable bonds is 5. The predicted molar refractivity (Wildman–Crippen MR) is 124 cm³/mol. The van der Waals surface area contributed by atoms with Crippen LogP contribution in [-0.4, -0.2) is 73.7 Å². The quantitative estimate of drug-likeness (QED) is 0.587. The zero-order valence-corrected chi connectivity index (χ0v) is 19.1. The van der Waals surface area contributed by atoms with Gasteiger partial charge in [-0.2, -0.15) is 0 Å². The molecule has 0 bridgehead atoms. The molecule has 8 nitrogen and oxygen atoms in total. The predicted octanol–water partition coefficient (Wildman–Crippen LogP) is 2.61. The van der Waals surface area contributed by atoms with Gasteiger partial charge >= 0.3 is 0 Å². The smallest absolute Gasteiger partial charge is 0.270 e. The van der Waals surface area contributed by atoms with Crippen LogP contribution >= 0.6 is 0 Å². The Hall–Kier alpha value is -2.75. The molecule has 1 saturated heterocycles. The normalized spacial score (nSPS) is 20.1. The molecule has 3 aromatic heterocycles. The lowest BCUT2D eigenvalue weighted by atomic mass is 10.00. The van der Waals surface area contributed by atoms with E-state index in [0.717, 1.165) is 61.4 Å². The van der Waals surface area contributed by atoms with Crippen molar-refractivity contribution in [3.63, 3.8) is 0 Å². The molecule has 0 radical (unpaired) electrons. The summed E-state index contributed by atoms with van der Waals surface area (Å²) in [7, 11) is -0.0480. The first kappa shape index (κ1) is 21.1. The van der Waals surface area contributed by atoms with Crippen LogP contribution in [0, 0.1) is 0 Å². The molecule has 1 atom stereocenters. The van der Waals surface area contributed by atoms with Gasteiger partial charge in [-0.05, 0) is 49.7 Å². The molecule has 2 aliphatic heterocycles. The molecule has 0 N–H and O–H groups in total. The van der Waals surface area contributed by atoms with Crippen molar-refractivity contribution in [1.82, 2.24) is 18.8 Å². The largest absolute Gasteiger partial charge is 0.380 e. The summed E-state index contributed by atoms with van der Waals surface area (Å²) in [5.41, 5.74) is 2.52. The Morgan fingerprint density at radius 3 is 2.72 bits per heavy atom. The maximum absolute atomic E-state index is 13.5. The number of anilines is 1. The molecule has 3 aromatic rings. The van der Waals surface area contributed by atoms with E-state index in [2.05, 4.69) is 32.9 Å². The molecule has 0 aromatic carbocycles. The first-order chi connectivity index (χ1) is 15.5. The molecule has 9 heteroatoms. The maximum atomic E-state index is 13.5. The van der Waals surface area contributed by atoms with E-state index < -0.39 is 10.0 Å². The molecule has 32 heavy (non-hydrogen) atoms. The van der Waals surface area contributed by atoms with Gasteiger partial charge in [0.1, 0.15) is 10.7 Å². The summed E-state index contributed by atoms with van der Waals surface area (Å²) in [6.45, 7) is 3.39. The van der Waals surface area contributed by atoms with Crippen molar-refractivity contribution in [2.75, 3.05) is 45.2 Å². The molecule has 1 fully saturated rings. The Bertz CT molecular complexity index is 1270. The van der Waals surface area contributed by atoms with Crippen LogP contribution in [0.4, 0.5) is 5.82 Å². The van der Waals surface area contributed by atoms with Crippen LogP contribution in [0.5, 0.6) is 0 Å². The van der Waals surface area contributed by atoms with Crippen LogP contribution < -0.4 is 4.90 Å². The Kier molecular flexibility index (Phi) is 5.48. The number of hydrogen-bond donors (Lipinski definition) is 0. The van der Waals surface area contributed by atoms with Gasteiger partial charge in [0.25, 0.3) is 10.0 Å². The summed E-state index contributed by atoms with van der Waals surface area (Å²) in [5.74, 6) is 0.760. The number of aromatic nitrogens is 3. The van der Waals surface area contributed by atoms with Crippen LogP contribution in [0.3, 0.4) is 0 Å². The zero-order valence-electron chi connectivity index (χ0n) is 18.3. The van der Waals surface area contributed by atoms with Crippen LogP contribution in [-0.2, 0) is 14.8 Å². The zero-order chi connectivity index (χ0) is 22.3. The van der Waals surface area contributed by atoms with Crippen LogP contribution in [0.1, 0.15) is 18.4 Å². The second-order valence-electron chi connectivity index (χ2n) is 8.40. The Morgan fingerprint density at radius 1 is 1.16 bits per heavy atom. The molecular weight excluding hydrogens is 426 g/mol. The molecule has 168 valence electrons. The van der Waals surface area contributed by atoms with Crippen molar-refractivity contribution in [3.8, 4) is 0 Å². The Morgan fingerprint density at radius 2 is 2.03 bits per heavy atom. The average molecular weight is 454 g/mol. The summed E-state index contributed by atoms with van der Waals surface area (Å²) < 4.78 is 33.8. The van der Waals surface area contributed by atoms with Gasteiger partial charge in [0.05, 0.1) is 6.10 Å². The molecule has 2 aliphatic rings. The summed E-state index contributed by atoms with van der Waals surface area (Å²) in [6, 6.07) is 7.17. The van der Waals surface area contributed by atoms with Gasteiger partial charge in [0.2, 0.25) is 0 Å². The summed E-state index contributed by atoms with van der Waals surface area (Å²) >= 11 is 0. The lowest BCUT2D eigenvalue weighted by Crippen LogP contribution is -2.23.